The summed E-state index contributed by atoms with van der Waals surface area (Å²) in [6.07, 6.45) is 5.46. The van der Waals surface area contributed by atoms with E-state index >= 15 is 0 Å². The summed E-state index contributed by atoms with van der Waals surface area (Å²) in [7, 11) is 0. The van der Waals surface area contributed by atoms with E-state index in [1.54, 1.807) is 24.3 Å². The smallest absolute Gasteiger partial charge is 0.234 e. The lowest BCUT2D eigenvalue weighted by Crippen LogP contribution is -2.24. The van der Waals surface area contributed by atoms with Gasteiger partial charge in [0.05, 0.1) is 16.0 Å². The van der Waals surface area contributed by atoms with Crippen molar-refractivity contribution in [1.29, 1.82) is 0 Å². The number of benzene rings is 2. The largest absolute Gasteiger partial charge is 0.326 e. The maximum absolute atomic E-state index is 12.5. The van der Waals surface area contributed by atoms with Crippen LogP contribution in [0.2, 0.25) is 5.02 Å². The molecule has 0 saturated heterocycles. The van der Waals surface area contributed by atoms with E-state index in [-0.39, 0.29) is 23.5 Å². The molecule has 2 amide bonds. The number of carbonyl (C=O) groups is 2. The fourth-order valence-corrected chi connectivity index (χ4v) is 5.54. The number of nitrogens with one attached hydrogen (secondary N) is 2. The number of thioether (sulfide) groups is 1. The van der Waals surface area contributed by atoms with Crippen LogP contribution in [-0.2, 0) is 9.59 Å². The molecule has 1 aliphatic carbocycles. The molecule has 8 heteroatoms. The van der Waals surface area contributed by atoms with Gasteiger partial charge in [-0.05, 0) is 55.3 Å². The lowest BCUT2D eigenvalue weighted by molar-refractivity contribution is -0.120. The van der Waals surface area contributed by atoms with Gasteiger partial charge in [-0.25, -0.2) is 4.98 Å². The Morgan fingerprint density at radius 2 is 1.77 bits per heavy atom. The average molecular weight is 460 g/mol. The minimum absolute atomic E-state index is 0.0954. The van der Waals surface area contributed by atoms with Crippen LogP contribution in [0.3, 0.4) is 0 Å². The molecule has 3 aromatic rings. The zero-order valence-electron chi connectivity index (χ0n) is 16.3. The maximum atomic E-state index is 12.5. The van der Waals surface area contributed by atoms with Crippen LogP contribution >= 0.6 is 34.7 Å². The number of aromatic nitrogens is 1. The number of anilines is 2. The van der Waals surface area contributed by atoms with Gasteiger partial charge in [0.1, 0.15) is 0 Å². The van der Waals surface area contributed by atoms with E-state index < -0.39 is 0 Å². The Hall–Kier alpha value is -2.09. The molecule has 2 N–H and O–H groups in total. The molecule has 0 atom stereocenters. The molecule has 4 rings (SSSR count). The Balaban J connectivity index is 1.34. The van der Waals surface area contributed by atoms with Crippen LogP contribution in [0.5, 0.6) is 0 Å². The molecule has 1 saturated carbocycles. The highest BCUT2D eigenvalue weighted by molar-refractivity contribution is 8.01. The number of rotatable bonds is 6. The van der Waals surface area contributed by atoms with Crippen molar-refractivity contribution in [3.05, 3.63) is 47.5 Å². The SMILES string of the molecule is O=C(CSc1nc2ccc(NC(=O)C3CCCCC3)cc2s1)Nc1ccc(Cl)cc1. The molecule has 0 spiro atoms. The van der Waals surface area contributed by atoms with Crippen LogP contribution in [-0.4, -0.2) is 22.6 Å². The van der Waals surface area contributed by atoms with Crippen molar-refractivity contribution in [3.63, 3.8) is 0 Å². The third-order valence-corrected chi connectivity index (χ3v) is 7.48. The van der Waals surface area contributed by atoms with Crippen molar-refractivity contribution in [2.24, 2.45) is 5.92 Å². The van der Waals surface area contributed by atoms with Gasteiger partial charge >= 0.3 is 0 Å². The average Bonchev–Trinajstić information content (AvgIpc) is 3.17. The Kier molecular flexibility index (Phi) is 6.92. The van der Waals surface area contributed by atoms with E-state index in [1.807, 2.05) is 18.2 Å². The van der Waals surface area contributed by atoms with Gasteiger partial charge in [0.2, 0.25) is 11.8 Å². The molecule has 156 valence electrons. The first-order valence-corrected chi connectivity index (χ1v) is 12.1. The van der Waals surface area contributed by atoms with Crippen molar-refractivity contribution in [3.8, 4) is 0 Å². The molecular weight excluding hydrogens is 438 g/mol. The van der Waals surface area contributed by atoms with Crippen molar-refractivity contribution < 1.29 is 9.59 Å². The summed E-state index contributed by atoms with van der Waals surface area (Å²) in [6.45, 7) is 0. The van der Waals surface area contributed by atoms with E-state index in [9.17, 15) is 9.59 Å². The second-order valence-electron chi connectivity index (χ2n) is 7.33. The molecule has 0 bridgehead atoms. The molecule has 1 fully saturated rings. The number of amides is 2. The second-order valence-corrected chi connectivity index (χ2v) is 10.0. The highest BCUT2D eigenvalue weighted by Gasteiger charge is 2.21. The molecule has 0 unspecified atom stereocenters. The predicted molar refractivity (Wildman–Crippen MR) is 126 cm³/mol. The van der Waals surface area contributed by atoms with Crippen molar-refractivity contribution in [1.82, 2.24) is 4.98 Å². The van der Waals surface area contributed by atoms with Gasteiger partial charge in [0.15, 0.2) is 4.34 Å². The number of fused-ring (bicyclic) bond motifs is 1. The first kappa shape index (κ1) is 21.2. The normalized spacial score (nSPS) is 14.6. The van der Waals surface area contributed by atoms with Gasteiger partial charge in [0, 0.05) is 22.3 Å². The molecule has 5 nitrogen and oxygen atoms in total. The number of nitrogens with zero attached hydrogens (tertiary/aromatic N) is 1. The molecule has 1 heterocycles. The van der Waals surface area contributed by atoms with Crippen molar-refractivity contribution in [2.75, 3.05) is 16.4 Å². The van der Waals surface area contributed by atoms with E-state index in [0.29, 0.717) is 10.7 Å². The van der Waals surface area contributed by atoms with Crippen LogP contribution < -0.4 is 10.6 Å². The Bertz CT molecular complexity index is 1050. The summed E-state index contributed by atoms with van der Waals surface area (Å²) in [4.78, 5) is 29.2. The highest BCUT2D eigenvalue weighted by Crippen LogP contribution is 2.32. The fourth-order valence-electron chi connectivity index (χ4n) is 3.51. The van der Waals surface area contributed by atoms with Gasteiger partial charge in [-0.2, -0.15) is 0 Å². The molecule has 1 aliphatic rings. The third-order valence-electron chi connectivity index (χ3n) is 5.07. The van der Waals surface area contributed by atoms with E-state index in [4.69, 9.17) is 11.6 Å². The van der Waals surface area contributed by atoms with E-state index in [0.717, 1.165) is 45.9 Å². The van der Waals surface area contributed by atoms with Crippen LogP contribution in [0.4, 0.5) is 11.4 Å². The lowest BCUT2D eigenvalue weighted by Gasteiger charge is -2.20. The van der Waals surface area contributed by atoms with Crippen LogP contribution in [0.1, 0.15) is 32.1 Å². The topological polar surface area (TPSA) is 71.1 Å². The number of thiazole rings is 1. The fraction of sp³-hybridized carbons (Fsp3) is 0.318. The lowest BCUT2D eigenvalue weighted by atomic mass is 9.88. The summed E-state index contributed by atoms with van der Waals surface area (Å²) in [6, 6.07) is 12.8. The number of halogens is 1. The summed E-state index contributed by atoms with van der Waals surface area (Å²) in [5, 5.41) is 6.53. The van der Waals surface area contributed by atoms with Gasteiger partial charge in [-0.3, -0.25) is 9.59 Å². The Morgan fingerprint density at radius 1 is 1.03 bits per heavy atom. The Morgan fingerprint density at radius 3 is 2.53 bits per heavy atom. The minimum atomic E-state index is -0.0954. The number of hydrogen-bond donors (Lipinski definition) is 2. The predicted octanol–water partition coefficient (Wildman–Crippen LogP) is 6.20. The summed E-state index contributed by atoms with van der Waals surface area (Å²) in [5.74, 6) is 0.420. The quantitative estimate of drug-likeness (QED) is 0.430. The zero-order chi connectivity index (χ0) is 20.9. The first-order chi connectivity index (χ1) is 14.6. The Labute approximate surface area is 188 Å². The van der Waals surface area contributed by atoms with Gasteiger partial charge in [-0.15, -0.1) is 11.3 Å². The highest BCUT2D eigenvalue weighted by atomic mass is 35.5. The third kappa shape index (κ3) is 5.53. The van der Waals surface area contributed by atoms with E-state index in [2.05, 4.69) is 15.6 Å². The molecular formula is C22H22ClN3O2S2. The zero-order valence-corrected chi connectivity index (χ0v) is 18.7. The van der Waals surface area contributed by atoms with Crippen LogP contribution in [0.25, 0.3) is 10.2 Å². The number of hydrogen-bond acceptors (Lipinski definition) is 5. The monoisotopic (exact) mass is 459 g/mol. The first-order valence-electron chi connectivity index (χ1n) is 9.96. The molecule has 2 aromatic carbocycles. The van der Waals surface area contributed by atoms with E-state index in [1.165, 1.54) is 29.5 Å². The number of carbonyl (C=O) groups excluding carboxylic acids is 2. The second kappa shape index (κ2) is 9.81. The standard InChI is InChI=1S/C22H22ClN3O2S2/c23-15-6-8-16(9-7-15)24-20(27)13-29-22-26-18-11-10-17(12-19(18)30-22)25-21(28)14-4-2-1-3-5-14/h6-12,14H,1-5,13H2,(H,24,27)(H,25,28). The van der Waals surface area contributed by atoms with Crippen molar-refractivity contribution in [2.45, 2.75) is 36.4 Å². The summed E-state index contributed by atoms with van der Waals surface area (Å²) < 4.78 is 1.82. The molecule has 0 aliphatic heterocycles. The van der Waals surface area contributed by atoms with Gasteiger partial charge in [0.25, 0.3) is 0 Å². The molecule has 1 aromatic heterocycles. The minimum Gasteiger partial charge on any atom is -0.326 e. The summed E-state index contributed by atoms with van der Waals surface area (Å²) in [5.41, 5.74) is 2.39. The summed E-state index contributed by atoms with van der Waals surface area (Å²) >= 11 is 8.79. The van der Waals surface area contributed by atoms with Gasteiger partial charge < -0.3 is 10.6 Å². The molecule has 0 radical (unpaired) electrons. The van der Waals surface area contributed by atoms with Crippen LogP contribution in [0.15, 0.2) is 46.8 Å². The van der Waals surface area contributed by atoms with Crippen molar-refractivity contribution >= 4 is 68.1 Å². The maximum Gasteiger partial charge on any atom is 0.234 e. The molecule has 30 heavy (non-hydrogen) atoms. The van der Waals surface area contributed by atoms with Crippen LogP contribution in [0, 0.1) is 5.92 Å². The van der Waals surface area contributed by atoms with Gasteiger partial charge in [-0.1, -0.05) is 42.6 Å².